The van der Waals surface area contributed by atoms with Gasteiger partial charge in [0, 0.05) is 19.1 Å². The number of alkyl halides is 6. The summed E-state index contributed by atoms with van der Waals surface area (Å²) in [6.07, 6.45) is -7.68. The molecule has 3 heterocycles. The van der Waals surface area contributed by atoms with Crippen molar-refractivity contribution in [3.05, 3.63) is 70.8 Å². The molecular formula is C30H35F6NO3. The summed E-state index contributed by atoms with van der Waals surface area (Å²) in [6.45, 7) is 6.26. The molecule has 0 N–H and O–H groups in total. The van der Waals surface area contributed by atoms with Crippen LogP contribution in [0.1, 0.15) is 66.9 Å². The summed E-state index contributed by atoms with van der Waals surface area (Å²) in [6, 6.07) is 11.3. The highest BCUT2D eigenvalue weighted by atomic mass is 19.4. The highest BCUT2D eigenvalue weighted by Crippen LogP contribution is 2.43. The van der Waals surface area contributed by atoms with Crippen molar-refractivity contribution in [2.24, 2.45) is 11.3 Å². The predicted molar refractivity (Wildman–Crippen MR) is 137 cm³/mol. The number of piperidine rings is 1. The van der Waals surface area contributed by atoms with Crippen LogP contribution >= 0.6 is 0 Å². The molecule has 0 radical (unpaired) electrons. The quantitative estimate of drug-likeness (QED) is 0.337. The molecule has 2 aromatic carbocycles. The van der Waals surface area contributed by atoms with E-state index in [0.29, 0.717) is 6.61 Å². The normalized spacial score (nSPS) is 26.7. The highest BCUT2D eigenvalue weighted by molar-refractivity contribution is 5.35. The number of ether oxygens (including phenoxy) is 3. The van der Waals surface area contributed by atoms with Gasteiger partial charge in [-0.2, -0.15) is 26.3 Å². The van der Waals surface area contributed by atoms with Crippen LogP contribution in [-0.2, 0) is 26.6 Å². The van der Waals surface area contributed by atoms with Gasteiger partial charge in [0.2, 0.25) is 0 Å². The van der Waals surface area contributed by atoms with Crippen LogP contribution in [0.25, 0.3) is 0 Å². The first kappa shape index (κ1) is 29.4. The number of nitrogens with zero attached hydrogens (tertiary/aromatic N) is 1. The Labute approximate surface area is 230 Å². The van der Waals surface area contributed by atoms with Crippen LogP contribution in [0.4, 0.5) is 26.3 Å². The van der Waals surface area contributed by atoms with E-state index in [4.69, 9.17) is 14.2 Å². The molecule has 0 amide bonds. The fourth-order valence-electron chi connectivity index (χ4n) is 6.35. The van der Waals surface area contributed by atoms with Gasteiger partial charge in [0.15, 0.2) is 6.29 Å². The maximum atomic E-state index is 13.5. The largest absolute Gasteiger partial charge is 0.416 e. The van der Waals surface area contributed by atoms with Crippen molar-refractivity contribution >= 4 is 0 Å². The number of likely N-dealkylation sites (tertiary alicyclic amines) is 1. The van der Waals surface area contributed by atoms with E-state index in [1.165, 1.54) is 6.92 Å². The number of halogens is 6. The lowest BCUT2D eigenvalue weighted by Gasteiger charge is -2.44. The summed E-state index contributed by atoms with van der Waals surface area (Å²) in [4.78, 5) is 2.46. The molecule has 4 atom stereocenters. The fourth-order valence-corrected chi connectivity index (χ4v) is 6.35. The van der Waals surface area contributed by atoms with Crippen molar-refractivity contribution in [2.75, 3.05) is 39.5 Å². The van der Waals surface area contributed by atoms with Crippen molar-refractivity contribution in [2.45, 2.75) is 63.3 Å². The van der Waals surface area contributed by atoms with E-state index in [2.05, 4.69) is 4.90 Å². The Morgan fingerprint density at radius 3 is 2.15 bits per heavy atom. The van der Waals surface area contributed by atoms with Gasteiger partial charge in [-0.1, -0.05) is 30.3 Å². The first-order valence-electron chi connectivity index (χ1n) is 13.9. The lowest BCUT2D eigenvalue weighted by molar-refractivity contribution is -0.210. The molecule has 0 saturated carbocycles. The van der Waals surface area contributed by atoms with Gasteiger partial charge >= 0.3 is 12.4 Å². The van der Waals surface area contributed by atoms with Gasteiger partial charge in [0.1, 0.15) is 0 Å². The molecule has 0 aromatic heterocycles. The van der Waals surface area contributed by atoms with Crippen molar-refractivity contribution in [1.82, 2.24) is 4.90 Å². The van der Waals surface area contributed by atoms with Crippen molar-refractivity contribution < 1.29 is 40.6 Å². The molecule has 2 aromatic rings. The summed E-state index contributed by atoms with van der Waals surface area (Å²) < 4.78 is 98.7. The Hall–Kier alpha value is -2.14. The zero-order valence-electron chi connectivity index (χ0n) is 22.4. The Morgan fingerprint density at radius 1 is 0.925 bits per heavy atom. The van der Waals surface area contributed by atoms with Gasteiger partial charge in [-0.05, 0) is 86.4 Å². The molecule has 40 heavy (non-hydrogen) atoms. The standard InChI is InChI=1S/C30H35F6NO3/c1-20(23-15-24(29(31,32)33)17-25(16-23)30(34,35)36)40-27-26(21-5-3-2-4-6-21)22(7-13-39-27)18-37-11-8-28(9-12-37)10-14-38-19-28/h2-6,15-17,20,22,26-27H,7-14,18-19H2,1H3/t20-,22+,26+,27-/m1/s1. The third kappa shape index (κ3) is 6.66. The van der Waals surface area contributed by atoms with E-state index in [-0.39, 0.29) is 28.9 Å². The summed E-state index contributed by atoms with van der Waals surface area (Å²) in [5.41, 5.74) is -1.65. The lowest BCUT2D eigenvalue weighted by atomic mass is 9.77. The van der Waals surface area contributed by atoms with Crippen LogP contribution in [0.2, 0.25) is 0 Å². The zero-order chi connectivity index (χ0) is 28.5. The Morgan fingerprint density at radius 2 is 1.57 bits per heavy atom. The molecule has 3 aliphatic rings. The van der Waals surface area contributed by atoms with Crippen LogP contribution in [0.15, 0.2) is 48.5 Å². The number of rotatable bonds is 6. The lowest BCUT2D eigenvalue weighted by Crippen LogP contribution is -2.46. The van der Waals surface area contributed by atoms with E-state index in [1.807, 2.05) is 30.3 Å². The molecular weight excluding hydrogens is 536 g/mol. The minimum absolute atomic E-state index is 0.135. The molecule has 3 fully saturated rings. The summed E-state index contributed by atoms with van der Waals surface area (Å²) in [5.74, 6) is -0.0783. The SMILES string of the molecule is C[C@@H](O[C@H]1OCC[C@@H](CN2CCC3(CCOC3)CC2)[C@@H]1c1ccccc1)c1cc(C(F)(F)F)cc(C(F)(F)F)c1. The van der Waals surface area contributed by atoms with Gasteiger partial charge in [-0.25, -0.2) is 0 Å². The predicted octanol–water partition coefficient (Wildman–Crippen LogP) is 7.45. The van der Waals surface area contributed by atoms with Crippen LogP contribution in [0, 0.1) is 11.3 Å². The average molecular weight is 572 g/mol. The average Bonchev–Trinajstić information content (AvgIpc) is 3.37. The topological polar surface area (TPSA) is 30.9 Å². The van der Waals surface area contributed by atoms with Crippen LogP contribution in [-0.4, -0.2) is 50.6 Å². The van der Waals surface area contributed by atoms with Gasteiger partial charge < -0.3 is 19.1 Å². The molecule has 0 aliphatic carbocycles. The first-order chi connectivity index (χ1) is 18.9. The minimum atomic E-state index is -4.92. The number of hydrogen-bond donors (Lipinski definition) is 0. The first-order valence-corrected chi connectivity index (χ1v) is 13.9. The molecule has 10 heteroatoms. The van der Waals surface area contributed by atoms with E-state index in [1.54, 1.807) is 0 Å². The van der Waals surface area contributed by atoms with Crippen molar-refractivity contribution in [3.63, 3.8) is 0 Å². The Kier molecular flexibility index (Phi) is 8.53. The maximum Gasteiger partial charge on any atom is 0.416 e. The van der Waals surface area contributed by atoms with E-state index < -0.39 is 35.9 Å². The molecule has 5 rings (SSSR count). The third-order valence-corrected chi connectivity index (χ3v) is 8.77. The third-order valence-electron chi connectivity index (χ3n) is 8.77. The van der Waals surface area contributed by atoms with Gasteiger partial charge in [0.25, 0.3) is 0 Å². The van der Waals surface area contributed by atoms with Crippen LogP contribution in [0.3, 0.4) is 0 Å². The fraction of sp³-hybridized carbons (Fsp3) is 0.600. The van der Waals surface area contributed by atoms with E-state index >= 15 is 0 Å². The van der Waals surface area contributed by atoms with Gasteiger partial charge in [-0.15, -0.1) is 0 Å². The molecule has 3 saturated heterocycles. The maximum absolute atomic E-state index is 13.5. The summed E-state index contributed by atoms with van der Waals surface area (Å²) in [5, 5.41) is 0. The van der Waals surface area contributed by atoms with Gasteiger partial charge in [0.05, 0.1) is 30.4 Å². The molecule has 1 spiro atoms. The summed E-state index contributed by atoms with van der Waals surface area (Å²) >= 11 is 0. The van der Waals surface area contributed by atoms with Crippen LogP contribution < -0.4 is 0 Å². The van der Waals surface area contributed by atoms with Crippen molar-refractivity contribution in [3.8, 4) is 0 Å². The van der Waals surface area contributed by atoms with Gasteiger partial charge in [-0.3, -0.25) is 0 Å². The Balaban J connectivity index is 1.36. The summed E-state index contributed by atoms with van der Waals surface area (Å²) in [7, 11) is 0. The second kappa shape index (κ2) is 11.6. The second-order valence-electron chi connectivity index (χ2n) is 11.4. The molecule has 220 valence electrons. The van der Waals surface area contributed by atoms with E-state index in [0.717, 1.165) is 76.2 Å². The van der Waals surface area contributed by atoms with Crippen molar-refractivity contribution in [1.29, 1.82) is 0 Å². The zero-order valence-corrected chi connectivity index (χ0v) is 22.4. The molecule has 0 bridgehead atoms. The second-order valence-corrected chi connectivity index (χ2v) is 11.4. The number of hydrogen-bond acceptors (Lipinski definition) is 4. The number of benzene rings is 2. The highest BCUT2D eigenvalue weighted by Gasteiger charge is 2.42. The van der Waals surface area contributed by atoms with Crippen LogP contribution in [0.5, 0.6) is 0 Å². The molecule has 4 nitrogen and oxygen atoms in total. The Bertz CT molecular complexity index is 1090. The molecule has 3 aliphatic heterocycles. The monoisotopic (exact) mass is 571 g/mol. The molecule has 0 unspecified atom stereocenters. The minimum Gasteiger partial charge on any atom is -0.381 e. The smallest absolute Gasteiger partial charge is 0.381 e. The van der Waals surface area contributed by atoms with E-state index in [9.17, 15) is 26.3 Å².